The molecule has 0 bridgehead atoms. The summed E-state index contributed by atoms with van der Waals surface area (Å²) in [4.78, 5) is 0. The number of allylic oxidation sites excluding steroid dienone is 1. The lowest BCUT2D eigenvalue weighted by atomic mass is 9.47. The average Bonchev–Trinajstić information content (AvgIpc) is 3.10. The summed E-state index contributed by atoms with van der Waals surface area (Å²) < 4.78 is 1.27. The van der Waals surface area contributed by atoms with E-state index in [-0.39, 0.29) is 6.10 Å². The third-order valence-electron chi connectivity index (χ3n) is 11.3. The molecule has 0 aromatic rings. The zero-order valence-corrected chi connectivity index (χ0v) is 23.2. The maximum atomic E-state index is 10.3. The Balaban J connectivity index is 1.50. The van der Waals surface area contributed by atoms with E-state index in [0.717, 1.165) is 54.3 Å². The van der Waals surface area contributed by atoms with Crippen LogP contribution in [-0.4, -0.2) is 15.6 Å². The first-order valence-electron chi connectivity index (χ1n) is 13.7. The van der Waals surface area contributed by atoms with E-state index in [1.54, 1.807) is 5.57 Å². The first kappa shape index (κ1) is 24.6. The number of halogens is 1. The number of hydrogen-bond acceptors (Lipinski definition) is 1. The third kappa shape index (κ3) is 4.21. The molecule has 0 saturated heterocycles. The molecule has 31 heavy (non-hydrogen) atoms. The maximum absolute atomic E-state index is 10.3. The van der Waals surface area contributed by atoms with Gasteiger partial charge in [0.25, 0.3) is 0 Å². The van der Waals surface area contributed by atoms with Gasteiger partial charge in [0.1, 0.15) is 0 Å². The van der Waals surface area contributed by atoms with Crippen molar-refractivity contribution in [2.45, 2.75) is 111 Å². The van der Waals surface area contributed by atoms with Crippen LogP contribution in [0.1, 0.15) is 105 Å². The van der Waals surface area contributed by atoms with Crippen molar-refractivity contribution in [3.05, 3.63) is 11.6 Å². The van der Waals surface area contributed by atoms with Crippen LogP contribution in [0.2, 0.25) is 0 Å². The quantitative estimate of drug-likeness (QED) is 0.195. The molecule has 0 aromatic heterocycles. The molecule has 3 fully saturated rings. The number of alkyl halides is 1. The summed E-state index contributed by atoms with van der Waals surface area (Å²) in [6.07, 6.45) is 17.2. The van der Waals surface area contributed by atoms with E-state index in [1.807, 2.05) is 0 Å². The summed E-state index contributed by atoms with van der Waals surface area (Å²) >= 11 is 2.69. The van der Waals surface area contributed by atoms with Gasteiger partial charge in [0.2, 0.25) is 0 Å². The molecule has 3 saturated carbocycles. The van der Waals surface area contributed by atoms with Crippen LogP contribution in [0.15, 0.2) is 11.6 Å². The molecule has 9 atom stereocenters. The van der Waals surface area contributed by atoms with Crippen molar-refractivity contribution in [3.8, 4) is 0 Å². The Bertz CT molecular complexity index is 655. The van der Waals surface area contributed by atoms with Gasteiger partial charge >= 0.3 is 0 Å². The Morgan fingerprint density at radius 3 is 2.52 bits per heavy atom. The van der Waals surface area contributed by atoms with Crippen LogP contribution < -0.4 is 0 Å². The van der Waals surface area contributed by atoms with Crippen molar-refractivity contribution < 1.29 is 5.11 Å². The average molecular weight is 541 g/mol. The normalized spacial score (nSPS) is 44.3. The van der Waals surface area contributed by atoms with E-state index >= 15 is 0 Å². The Hall–Kier alpha value is 0.430. The molecule has 1 N–H and O–H groups in total. The standard InChI is InChI=1S/C29H49IO/c1-6-21(19(2)3)8-7-20(4)25-11-12-26-24-10-9-22-17-23(31)13-16-29(22,18-30)27(24)14-15-28(25,26)5/h9,19-21,23-27,31H,6-8,10-18H2,1-5H3/t20-,21-,23+,24+,25-,26+,27+,28-,29-/m1/s1. The summed E-state index contributed by atoms with van der Waals surface area (Å²) in [5.74, 6) is 6.31. The molecule has 0 aliphatic heterocycles. The number of fused-ring (bicyclic) bond motifs is 5. The second-order valence-corrected chi connectivity index (χ2v) is 13.5. The van der Waals surface area contributed by atoms with Gasteiger partial charge in [-0.15, -0.1) is 0 Å². The molecule has 0 heterocycles. The van der Waals surface area contributed by atoms with E-state index in [4.69, 9.17) is 0 Å². The number of rotatable bonds is 7. The molecular formula is C29H49IO. The second kappa shape index (κ2) is 9.59. The lowest BCUT2D eigenvalue weighted by molar-refractivity contribution is -0.0551. The molecule has 2 heteroatoms. The fourth-order valence-corrected chi connectivity index (χ4v) is 10.8. The van der Waals surface area contributed by atoms with Crippen molar-refractivity contribution in [1.82, 2.24) is 0 Å². The molecule has 1 nitrogen and oxygen atoms in total. The van der Waals surface area contributed by atoms with Crippen LogP contribution in [-0.2, 0) is 0 Å². The zero-order chi connectivity index (χ0) is 22.4. The number of hydrogen-bond donors (Lipinski definition) is 1. The minimum absolute atomic E-state index is 0.0813. The third-order valence-corrected chi connectivity index (χ3v) is 12.6. The van der Waals surface area contributed by atoms with E-state index in [2.05, 4.69) is 63.3 Å². The minimum Gasteiger partial charge on any atom is -0.393 e. The molecule has 4 aliphatic rings. The highest BCUT2D eigenvalue weighted by atomic mass is 127. The van der Waals surface area contributed by atoms with Gasteiger partial charge in [-0.25, -0.2) is 0 Å². The molecule has 0 unspecified atom stereocenters. The van der Waals surface area contributed by atoms with Crippen molar-refractivity contribution >= 4 is 22.6 Å². The van der Waals surface area contributed by atoms with Gasteiger partial charge in [-0.05, 0) is 105 Å². The van der Waals surface area contributed by atoms with Crippen molar-refractivity contribution in [2.24, 2.45) is 52.3 Å². The predicted molar refractivity (Wildman–Crippen MR) is 141 cm³/mol. The molecule has 178 valence electrons. The van der Waals surface area contributed by atoms with Crippen LogP contribution >= 0.6 is 22.6 Å². The zero-order valence-electron chi connectivity index (χ0n) is 21.0. The van der Waals surface area contributed by atoms with Crippen LogP contribution in [0.25, 0.3) is 0 Å². The lowest BCUT2D eigenvalue weighted by Crippen LogP contribution is -2.52. The summed E-state index contributed by atoms with van der Waals surface area (Å²) in [7, 11) is 0. The Kier molecular flexibility index (Phi) is 7.59. The van der Waals surface area contributed by atoms with Crippen LogP contribution in [0.5, 0.6) is 0 Å². The Morgan fingerprint density at radius 1 is 1.06 bits per heavy atom. The number of aliphatic hydroxyl groups is 1. The highest BCUT2D eigenvalue weighted by molar-refractivity contribution is 14.1. The van der Waals surface area contributed by atoms with E-state index < -0.39 is 0 Å². The van der Waals surface area contributed by atoms with Gasteiger partial charge < -0.3 is 5.11 Å². The second-order valence-electron chi connectivity index (χ2n) is 12.7. The largest absolute Gasteiger partial charge is 0.393 e. The SMILES string of the molecule is CC[C@H](CC[C@@H](C)[C@H]1CC[C@H]2[C@@H]3CC=C4C[C@@H](O)CC[C@]4(CI)[C@H]3CC[C@]12C)C(C)C. The molecule has 4 rings (SSSR count). The van der Waals surface area contributed by atoms with Crippen molar-refractivity contribution in [1.29, 1.82) is 0 Å². The van der Waals surface area contributed by atoms with Gasteiger partial charge in [-0.2, -0.15) is 0 Å². The van der Waals surface area contributed by atoms with E-state index in [1.165, 1.54) is 62.2 Å². The molecule has 0 amide bonds. The fraction of sp³-hybridized carbons (Fsp3) is 0.931. The van der Waals surface area contributed by atoms with Gasteiger partial charge in [0, 0.05) is 9.84 Å². The minimum atomic E-state index is -0.0813. The van der Waals surface area contributed by atoms with Crippen LogP contribution in [0.4, 0.5) is 0 Å². The monoisotopic (exact) mass is 540 g/mol. The van der Waals surface area contributed by atoms with E-state index in [0.29, 0.717) is 10.8 Å². The van der Waals surface area contributed by atoms with Gasteiger partial charge in [-0.1, -0.05) is 81.7 Å². The molecule has 4 aliphatic carbocycles. The van der Waals surface area contributed by atoms with Gasteiger partial charge in [0.05, 0.1) is 6.10 Å². The molecular weight excluding hydrogens is 491 g/mol. The summed E-state index contributed by atoms with van der Waals surface area (Å²) in [6, 6.07) is 0. The maximum Gasteiger partial charge on any atom is 0.0577 e. The van der Waals surface area contributed by atoms with Crippen LogP contribution in [0.3, 0.4) is 0 Å². The first-order valence-corrected chi connectivity index (χ1v) is 15.2. The lowest BCUT2D eigenvalue weighted by Gasteiger charge is -2.59. The predicted octanol–water partition coefficient (Wildman–Crippen LogP) is 8.44. The highest BCUT2D eigenvalue weighted by Gasteiger charge is 2.59. The topological polar surface area (TPSA) is 20.2 Å². The summed E-state index contributed by atoms with van der Waals surface area (Å²) in [5, 5.41) is 10.3. The molecule has 0 spiro atoms. The van der Waals surface area contributed by atoms with E-state index in [9.17, 15) is 5.11 Å². The molecule has 0 radical (unpaired) electrons. The summed E-state index contributed by atoms with van der Waals surface area (Å²) in [5.41, 5.74) is 2.64. The fourth-order valence-electron chi connectivity index (χ4n) is 9.35. The van der Waals surface area contributed by atoms with Crippen molar-refractivity contribution in [3.63, 3.8) is 0 Å². The summed E-state index contributed by atoms with van der Waals surface area (Å²) in [6.45, 7) is 12.5. The van der Waals surface area contributed by atoms with Crippen molar-refractivity contribution in [2.75, 3.05) is 4.43 Å². The molecule has 0 aromatic carbocycles. The Morgan fingerprint density at radius 2 is 1.84 bits per heavy atom. The smallest absolute Gasteiger partial charge is 0.0577 e. The number of aliphatic hydroxyl groups excluding tert-OH is 1. The Labute approximate surface area is 206 Å². The first-order chi connectivity index (χ1) is 14.8. The van der Waals surface area contributed by atoms with Crippen LogP contribution in [0, 0.1) is 52.3 Å². The highest BCUT2D eigenvalue weighted by Crippen LogP contribution is 2.67. The van der Waals surface area contributed by atoms with Gasteiger partial charge in [0.15, 0.2) is 0 Å². The van der Waals surface area contributed by atoms with Gasteiger partial charge in [-0.3, -0.25) is 0 Å².